The highest BCUT2D eigenvalue weighted by Crippen LogP contribution is 2.29. The van der Waals surface area contributed by atoms with Gasteiger partial charge in [-0.2, -0.15) is 0 Å². The van der Waals surface area contributed by atoms with Gasteiger partial charge in [-0.25, -0.2) is 0 Å². The number of carbonyl (C=O) groups excluding carboxylic acids is 3. The molecule has 0 bridgehead atoms. The molecule has 128 valence electrons. The van der Waals surface area contributed by atoms with Gasteiger partial charge in [-0.3, -0.25) is 19.3 Å². The molecule has 1 aliphatic heterocycles. The smallest absolute Gasteiger partial charge is 0.261 e. The number of hydrogen-bond donors (Lipinski definition) is 1. The SMILES string of the molecule is Cc1cccc(NC(=O)CN2C(=O)c3cccc4cccc(c34)C2=O)c1. The van der Waals surface area contributed by atoms with Crippen LogP contribution in [-0.4, -0.2) is 29.2 Å². The number of carbonyl (C=O) groups is 3. The Morgan fingerprint density at radius 2 is 1.54 bits per heavy atom. The monoisotopic (exact) mass is 344 g/mol. The Bertz CT molecular complexity index is 1020. The fourth-order valence-corrected chi connectivity index (χ4v) is 3.29. The number of anilines is 1. The van der Waals surface area contributed by atoms with Crippen molar-refractivity contribution in [2.45, 2.75) is 6.92 Å². The molecule has 0 saturated carbocycles. The normalized spacial score (nSPS) is 13.2. The second-order valence-corrected chi connectivity index (χ2v) is 6.32. The molecule has 0 unspecified atom stereocenters. The van der Waals surface area contributed by atoms with E-state index >= 15 is 0 Å². The first kappa shape index (κ1) is 16.0. The van der Waals surface area contributed by atoms with Crippen LogP contribution in [0.2, 0.25) is 0 Å². The largest absolute Gasteiger partial charge is 0.325 e. The van der Waals surface area contributed by atoms with Crippen LogP contribution in [0.5, 0.6) is 0 Å². The first-order chi connectivity index (χ1) is 12.5. The van der Waals surface area contributed by atoms with Crippen LogP contribution in [0, 0.1) is 6.92 Å². The van der Waals surface area contributed by atoms with E-state index in [1.807, 2.05) is 37.3 Å². The molecule has 0 saturated heterocycles. The van der Waals surface area contributed by atoms with E-state index in [0.29, 0.717) is 22.2 Å². The Labute approximate surface area is 150 Å². The average molecular weight is 344 g/mol. The van der Waals surface area contributed by atoms with Crippen molar-refractivity contribution < 1.29 is 14.4 Å². The third-order valence-electron chi connectivity index (χ3n) is 4.46. The molecule has 0 aliphatic carbocycles. The number of imide groups is 1. The van der Waals surface area contributed by atoms with Crippen LogP contribution in [-0.2, 0) is 4.79 Å². The van der Waals surface area contributed by atoms with Gasteiger partial charge < -0.3 is 5.32 Å². The molecule has 26 heavy (non-hydrogen) atoms. The van der Waals surface area contributed by atoms with Crippen LogP contribution in [0.1, 0.15) is 26.3 Å². The molecule has 3 amide bonds. The van der Waals surface area contributed by atoms with E-state index < -0.39 is 17.7 Å². The Kier molecular flexibility index (Phi) is 3.77. The molecule has 0 spiro atoms. The van der Waals surface area contributed by atoms with Crippen LogP contribution < -0.4 is 5.32 Å². The van der Waals surface area contributed by atoms with E-state index in [1.54, 1.807) is 30.3 Å². The predicted molar refractivity (Wildman–Crippen MR) is 99.1 cm³/mol. The summed E-state index contributed by atoms with van der Waals surface area (Å²) in [5.41, 5.74) is 2.53. The summed E-state index contributed by atoms with van der Waals surface area (Å²) in [4.78, 5) is 38.9. The van der Waals surface area contributed by atoms with Crippen molar-refractivity contribution in [3.8, 4) is 0 Å². The fraction of sp³-hybridized carbons (Fsp3) is 0.0952. The minimum Gasteiger partial charge on any atom is -0.325 e. The Balaban J connectivity index is 1.63. The van der Waals surface area contributed by atoms with E-state index in [9.17, 15) is 14.4 Å². The minimum atomic E-state index is -0.446. The summed E-state index contributed by atoms with van der Waals surface area (Å²) in [5, 5.41) is 4.23. The van der Waals surface area contributed by atoms with Crippen molar-refractivity contribution in [2.75, 3.05) is 11.9 Å². The van der Waals surface area contributed by atoms with Crippen LogP contribution in [0.15, 0.2) is 60.7 Å². The first-order valence-electron chi connectivity index (χ1n) is 8.29. The van der Waals surface area contributed by atoms with Gasteiger partial charge in [0.25, 0.3) is 11.8 Å². The molecule has 5 nitrogen and oxygen atoms in total. The van der Waals surface area contributed by atoms with E-state index in [0.717, 1.165) is 15.8 Å². The fourth-order valence-electron chi connectivity index (χ4n) is 3.29. The highest BCUT2D eigenvalue weighted by Gasteiger charge is 2.33. The second kappa shape index (κ2) is 6.11. The maximum atomic E-state index is 12.8. The van der Waals surface area contributed by atoms with E-state index in [2.05, 4.69) is 5.32 Å². The Morgan fingerprint density at radius 1 is 0.923 bits per heavy atom. The molecular formula is C21H16N2O3. The number of amides is 3. The number of hydrogen-bond acceptors (Lipinski definition) is 3. The van der Waals surface area contributed by atoms with E-state index in [-0.39, 0.29) is 6.54 Å². The van der Waals surface area contributed by atoms with Gasteiger partial charge in [-0.1, -0.05) is 36.4 Å². The third kappa shape index (κ3) is 2.63. The molecule has 4 rings (SSSR count). The zero-order valence-electron chi connectivity index (χ0n) is 14.2. The lowest BCUT2D eigenvalue weighted by molar-refractivity contribution is -0.116. The number of aryl methyl sites for hydroxylation is 1. The summed E-state index contributed by atoms with van der Waals surface area (Å²) < 4.78 is 0. The molecule has 0 radical (unpaired) electrons. The molecule has 1 aliphatic rings. The molecule has 0 fully saturated rings. The van der Waals surface area contributed by atoms with Gasteiger partial charge in [-0.05, 0) is 42.1 Å². The van der Waals surface area contributed by atoms with Crippen molar-refractivity contribution in [3.63, 3.8) is 0 Å². The van der Waals surface area contributed by atoms with Crippen LogP contribution in [0.3, 0.4) is 0 Å². The molecule has 1 N–H and O–H groups in total. The summed E-state index contributed by atoms with van der Waals surface area (Å²) in [7, 11) is 0. The molecule has 3 aromatic rings. The molecule has 0 aromatic heterocycles. The topological polar surface area (TPSA) is 66.5 Å². The van der Waals surface area contributed by atoms with Crippen molar-refractivity contribution in [2.24, 2.45) is 0 Å². The van der Waals surface area contributed by atoms with Crippen LogP contribution in [0.4, 0.5) is 5.69 Å². The minimum absolute atomic E-state index is 0.323. The average Bonchev–Trinajstić information content (AvgIpc) is 2.63. The highest BCUT2D eigenvalue weighted by molar-refractivity contribution is 6.26. The van der Waals surface area contributed by atoms with Crippen molar-refractivity contribution >= 4 is 34.2 Å². The molecule has 5 heteroatoms. The third-order valence-corrected chi connectivity index (χ3v) is 4.46. The van der Waals surface area contributed by atoms with E-state index in [4.69, 9.17) is 0 Å². The molecule has 0 atom stereocenters. The standard InChI is InChI=1S/C21H16N2O3/c1-13-5-2-8-15(11-13)22-18(24)12-23-20(25)16-9-3-6-14-7-4-10-17(19(14)16)21(23)26/h2-11H,12H2,1H3,(H,22,24). The highest BCUT2D eigenvalue weighted by atomic mass is 16.2. The summed E-state index contributed by atoms with van der Waals surface area (Å²) in [6.07, 6.45) is 0. The van der Waals surface area contributed by atoms with Crippen molar-refractivity contribution in [3.05, 3.63) is 77.4 Å². The second-order valence-electron chi connectivity index (χ2n) is 6.32. The van der Waals surface area contributed by atoms with Gasteiger partial charge in [0, 0.05) is 22.2 Å². The maximum Gasteiger partial charge on any atom is 0.261 e. The van der Waals surface area contributed by atoms with Gasteiger partial charge in [0.1, 0.15) is 6.54 Å². The summed E-state index contributed by atoms with van der Waals surface area (Å²) in [6.45, 7) is 1.60. The molecule has 1 heterocycles. The lowest BCUT2D eigenvalue weighted by atomic mass is 9.94. The first-order valence-corrected chi connectivity index (χ1v) is 8.29. The van der Waals surface area contributed by atoms with E-state index in [1.165, 1.54) is 0 Å². The lowest BCUT2D eigenvalue weighted by Gasteiger charge is -2.26. The van der Waals surface area contributed by atoms with Gasteiger partial charge in [0.15, 0.2) is 0 Å². The van der Waals surface area contributed by atoms with Crippen molar-refractivity contribution in [1.82, 2.24) is 4.90 Å². The Hall–Kier alpha value is -3.47. The zero-order valence-corrected chi connectivity index (χ0v) is 14.2. The predicted octanol–water partition coefficient (Wildman–Crippen LogP) is 3.38. The molecule has 3 aromatic carbocycles. The maximum absolute atomic E-state index is 12.8. The number of rotatable bonds is 3. The zero-order chi connectivity index (χ0) is 18.3. The number of nitrogens with one attached hydrogen (secondary N) is 1. The lowest BCUT2D eigenvalue weighted by Crippen LogP contribution is -2.44. The van der Waals surface area contributed by atoms with Gasteiger partial charge in [-0.15, -0.1) is 0 Å². The summed E-state index contributed by atoms with van der Waals surface area (Å²) in [5.74, 6) is -1.30. The van der Waals surface area contributed by atoms with Crippen LogP contribution >= 0.6 is 0 Å². The quantitative estimate of drug-likeness (QED) is 0.741. The number of benzene rings is 3. The number of nitrogens with zero attached hydrogens (tertiary/aromatic N) is 1. The summed E-state index contributed by atoms with van der Waals surface area (Å²) >= 11 is 0. The van der Waals surface area contributed by atoms with Gasteiger partial charge >= 0.3 is 0 Å². The molecular weight excluding hydrogens is 328 g/mol. The van der Waals surface area contributed by atoms with Gasteiger partial charge in [0.05, 0.1) is 0 Å². The van der Waals surface area contributed by atoms with Gasteiger partial charge in [0.2, 0.25) is 5.91 Å². The van der Waals surface area contributed by atoms with Crippen molar-refractivity contribution in [1.29, 1.82) is 0 Å². The Morgan fingerprint density at radius 3 is 2.15 bits per heavy atom. The van der Waals surface area contributed by atoms with Crippen LogP contribution in [0.25, 0.3) is 10.8 Å². The summed E-state index contributed by atoms with van der Waals surface area (Å²) in [6, 6.07) is 18.0.